The van der Waals surface area contributed by atoms with Crippen LogP contribution in [0.4, 0.5) is 4.39 Å². The van der Waals surface area contributed by atoms with Crippen molar-refractivity contribution in [1.29, 1.82) is 0 Å². The summed E-state index contributed by atoms with van der Waals surface area (Å²) in [5, 5.41) is 0. The quantitative estimate of drug-likeness (QED) is 0.667. The van der Waals surface area contributed by atoms with E-state index in [1.54, 1.807) is 0 Å². The van der Waals surface area contributed by atoms with E-state index in [1.165, 1.54) is 0 Å². The van der Waals surface area contributed by atoms with Gasteiger partial charge in [0.2, 0.25) is 0 Å². The second-order valence-corrected chi connectivity index (χ2v) is 5.15. The van der Waals surface area contributed by atoms with Crippen molar-refractivity contribution in [3.63, 3.8) is 0 Å². The average molecular weight is 224 g/mol. The lowest BCUT2D eigenvalue weighted by molar-refractivity contribution is 0.156. The third-order valence-electron chi connectivity index (χ3n) is 2.43. The van der Waals surface area contributed by atoms with E-state index in [2.05, 4.69) is 0 Å². The second-order valence-electron chi connectivity index (χ2n) is 3.47. The molecule has 1 rings (SSSR count). The largest absolute Gasteiger partial charge is 0.480 e. The van der Waals surface area contributed by atoms with Gasteiger partial charge < -0.3 is 4.74 Å². The number of thiocarbonyl (C=S) groups is 1. The van der Waals surface area contributed by atoms with Gasteiger partial charge in [0.25, 0.3) is 0 Å². The molecule has 1 aliphatic carbocycles. The van der Waals surface area contributed by atoms with Crippen LogP contribution in [0.5, 0.6) is 0 Å². The van der Waals surface area contributed by atoms with Crippen molar-refractivity contribution in [1.82, 2.24) is 0 Å². The highest BCUT2D eigenvalue weighted by Gasteiger charge is 2.20. The van der Waals surface area contributed by atoms with Gasteiger partial charge in [0.15, 0.2) is 4.38 Å². The molecule has 1 saturated carbocycles. The first-order chi connectivity index (χ1) is 6.22. The average Bonchev–Trinajstić information content (AvgIpc) is 2.16. The van der Waals surface area contributed by atoms with Crippen molar-refractivity contribution in [2.75, 3.05) is 12.9 Å². The Morgan fingerprint density at radius 3 is 2.62 bits per heavy atom. The van der Waals surface area contributed by atoms with Crippen LogP contribution >= 0.6 is 24.0 Å². The van der Waals surface area contributed by atoms with Crippen molar-refractivity contribution in [3.8, 4) is 0 Å². The molecule has 4 heteroatoms. The van der Waals surface area contributed by atoms with Crippen LogP contribution in [0.15, 0.2) is 0 Å². The zero-order valence-electron chi connectivity index (χ0n) is 7.88. The Labute approximate surface area is 88.4 Å². The predicted molar refractivity (Wildman–Crippen MR) is 61.7 cm³/mol. The molecule has 78 valence electrons. The van der Waals surface area contributed by atoms with Crippen molar-refractivity contribution >= 4 is 28.4 Å². The number of hydrogen-bond acceptors (Lipinski definition) is 2. The summed E-state index contributed by atoms with van der Waals surface area (Å²) in [4.78, 5) is 0. The van der Waals surface area contributed by atoms with Crippen molar-refractivity contribution in [2.24, 2.45) is 5.92 Å². The van der Waals surface area contributed by atoms with Gasteiger partial charge in [-0.15, -0.1) is 0 Å². The zero-order chi connectivity index (χ0) is 9.68. The Balaban J connectivity index is 2.12. The highest BCUT2D eigenvalue weighted by atomic mass is 32.2. The van der Waals surface area contributed by atoms with Crippen molar-refractivity contribution < 1.29 is 9.13 Å². The summed E-state index contributed by atoms with van der Waals surface area (Å²) in [6, 6.07) is 0. The van der Waals surface area contributed by atoms with E-state index in [1.807, 2.05) is 6.26 Å². The van der Waals surface area contributed by atoms with Crippen LogP contribution in [0.25, 0.3) is 0 Å². The molecule has 13 heavy (non-hydrogen) atoms. The lowest BCUT2D eigenvalue weighted by atomic mass is 9.89. The molecule has 0 unspecified atom stereocenters. The SMILES string of the molecule is C[SH2]C(=S)OCC1CCC(F)CC1. The van der Waals surface area contributed by atoms with Gasteiger partial charge >= 0.3 is 0 Å². The molecule has 0 bridgehead atoms. The topological polar surface area (TPSA) is 9.23 Å². The van der Waals surface area contributed by atoms with Crippen LogP contribution in [0, 0.1) is 5.92 Å². The molecule has 0 heterocycles. The fourth-order valence-electron chi connectivity index (χ4n) is 1.55. The maximum absolute atomic E-state index is 12.8. The van der Waals surface area contributed by atoms with Gasteiger partial charge in [0.05, 0.1) is 6.61 Å². The molecule has 1 aliphatic rings. The van der Waals surface area contributed by atoms with Crippen molar-refractivity contribution in [2.45, 2.75) is 31.9 Å². The Kier molecular flexibility index (Phi) is 5.02. The summed E-state index contributed by atoms with van der Waals surface area (Å²) < 4.78 is 18.9. The summed E-state index contributed by atoms with van der Waals surface area (Å²) >= 11 is 5.55. The Bertz CT molecular complexity index is 167. The Hall–Kier alpha value is 0.170. The summed E-state index contributed by atoms with van der Waals surface area (Å²) in [5.41, 5.74) is 0. The summed E-state index contributed by atoms with van der Waals surface area (Å²) in [6.45, 7) is 0.701. The maximum atomic E-state index is 12.8. The maximum Gasteiger partial charge on any atom is 0.196 e. The van der Waals surface area contributed by atoms with Crippen LogP contribution < -0.4 is 0 Å². The molecular formula is C9H17FOS2. The molecule has 0 aromatic carbocycles. The van der Waals surface area contributed by atoms with Crippen LogP contribution in [-0.2, 0) is 4.74 Å². The van der Waals surface area contributed by atoms with Gasteiger partial charge in [0.1, 0.15) is 6.17 Å². The lowest BCUT2D eigenvalue weighted by Gasteiger charge is -2.24. The van der Waals surface area contributed by atoms with E-state index in [0.717, 1.165) is 12.8 Å². The van der Waals surface area contributed by atoms with E-state index in [-0.39, 0.29) is 0 Å². The molecule has 0 spiro atoms. The predicted octanol–water partition coefficient (Wildman–Crippen LogP) is 2.64. The third-order valence-corrected chi connectivity index (χ3v) is 3.71. The number of ether oxygens (including phenoxy) is 1. The standard InChI is InChI=1S/C9H17FOS2/c1-13-9(12)11-6-7-2-4-8(10)5-3-7/h7-8H,2-6,13H2,1H3. The van der Waals surface area contributed by atoms with E-state index < -0.39 is 6.17 Å². The molecule has 1 fully saturated rings. The fraction of sp³-hybridized carbons (Fsp3) is 0.889. The van der Waals surface area contributed by atoms with Gasteiger partial charge in [0, 0.05) is 0 Å². The molecule has 0 aromatic heterocycles. The fourth-order valence-corrected chi connectivity index (χ4v) is 1.85. The molecule has 0 aromatic rings. The zero-order valence-corrected chi connectivity index (χ0v) is 9.70. The number of hydrogen-bond donors (Lipinski definition) is 0. The first-order valence-corrected chi connectivity index (χ1v) is 6.61. The molecule has 0 aliphatic heterocycles. The van der Waals surface area contributed by atoms with E-state index >= 15 is 0 Å². The van der Waals surface area contributed by atoms with Gasteiger partial charge in [-0.3, -0.25) is 0 Å². The molecule has 0 amide bonds. The Morgan fingerprint density at radius 2 is 2.08 bits per heavy atom. The minimum atomic E-state index is -0.573. The second kappa shape index (κ2) is 5.81. The number of halogens is 1. The van der Waals surface area contributed by atoms with Crippen molar-refractivity contribution in [3.05, 3.63) is 0 Å². The van der Waals surface area contributed by atoms with Gasteiger partial charge in [-0.1, -0.05) is 0 Å². The van der Waals surface area contributed by atoms with E-state index in [4.69, 9.17) is 17.0 Å². The normalized spacial score (nSPS) is 30.0. The van der Waals surface area contributed by atoms with Gasteiger partial charge in [-0.2, -0.15) is 11.8 Å². The van der Waals surface area contributed by atoms with Crippen LogP contribution in [0.2, 0.25) is 0 Å². The molecule has 0 radical (unpaired) electrons. The highest BCUT2D eigenvalue weighted by molar-refractivity contribution is 8.22. The molecule has 1 nitrogen and oxygen atoms in total. The monoisotopic (exact) mass is 224 g/mol. The smallest absolute Gasteiger partial charge is 0.196 e. The van der Waals surface area contributed by atoms with E-state index in [0.29, 0.717) is 41.5 Å². The summed E-state index contributed by atoms with van der Waals surface area (Å²) in [7, 11) is 0. The molecule has 0 N–H and O–H groups in total. The number of alkyl halides is 1. The third kappa shape index (κ3) is 4.27. The van der Waals surface area contributed by atoms with Crippen LogP contribution in [0.1, 0.15) is 25.7 Å². The Morgan fingerprint density at radius 1 is 1.46 bits per heavy atom. The van der Waals surface area contributed by atoms with Crippen LogP contribution in [-0.4, -0.2) is 23.4 Å². The first-order valence-electron chi connectivity index (χ1n) is 4.71. The first kappa shape index (κ1) is 11.2. The minimum Gasteiger partial charge on any atom is -0.480 e. The van der Waals surface area contributed by atoms with Gasteiger partial charge in [-0.05, 0) is 50.1 Å². The van der Waals surface area contributed by atoms with Gasteiger partial charge in [-0.25, -0.2) is 4.39 Å². The summed E-state index contributed by atoms with van der Waals surface area (Å²) in [5.74, 6) is 0.529. The van der Waals surface area contributed by atoms with E-state index in [9.17, 15) is 4.39 Å². The molecule has 0 saturated heterocycles. The molecule has 0 atom stereocenters. The highest BCUT2D eigenvalue weighted by Crippen LogP contribution is 2.26. The summed E-state index contributed by atoms with van der Waals surface area (Å²) in [6.07, 6.45) is 4.76. The molecular weight excluding hydrogens is 207 g/mol. The van der Waals surface area contributed by atoms with Crippen LogP contribution in [0.3, 0.4) is 0 Å². The lowest BCUT2D eigenvalue weighted by Crippen LogP contribution is -2.19. The minimum absolute atomic E-state index is 0.529. The number of rotatable bonds is 2.